The maximum absolute atomic E-state index is 13.5. The number of hydrogen-bond donors (Lipinski definition) is 2. The lowest BCUT2D eigenvalue weighted by molar-refractivity contribution is 0.0897. The van der Waals surface area contributed by atoms with Gasteiger partial charge in [-0.2, -0.15) is 12.7 Å². The molecule has 9 nitrogen and oxygen atoms in total. The summed E-state index contributed by atoms with van der Waals surface area (Å²) in [5.41, 5.74) is 2.19. The average Bonchev–Trinajstić information content (AvgIpc) is 3.43. The molecule has 2 N–H and O–H groups in total. The van der Waals surface area contributed by atoms with E-state index in [1.807, 2.05) is 6.07 Å². The van der Waals surface area contributed by atoms with E-state index in [0.29, 0.717) is 41.5 Å². The van der Waals surface area contributed by atoms with Gasteiger partial charge in [0.15, 0.2) is 0 Å². The summed E-state index contributed by atoms with van der Waals surface area (Å²) in [5.74, 6) is -0.285. The van der Waals surface area contributed by atoms with Gasteiger partial charge in [-0.25, -0.2) is 0 Å². The second-order valence-electron chi connectivity index (χ2n) is 9.28. The number of amides is 1. The Morgan fingerprint density at radius 1 is 1.03 bits per heavy atom. The van der Waals surface area contributed by atoms with Gasteiger partial charge in [0.2, 0.25) is 0 Å². The zero-order valence-corrected chi connectivity index (χ0v) is 21.2. The predicted molar refractivity (Wildman–Crippen MR) is 143 cm³/mol. The van der Waals surface area contributed by atoms with Gasteiger partial charge in [0, 0.05) is 46.5 Å². The lowest BCUT2D eigenvalue weighted by Gasteiger charge is -2.34. The molecule has 2 aliphatic rings. The second kappa shape index (κ2) is 9.05. The van der Waals surface area contributed by atoms with Gasteiger partial charge in [-0.05, 0) is 67.4 Å². The molecule has 2 aromatic heterocycles. The Kier molecular flexibility index (Phi) is 5.82. The number of H-pyrrole nitrogens is 1. The summed E-state index contributed by atoms with van der Waals surface area (Å²) in [6, 6.07) is 18.1. The standard InChI is InChI=1S/C26H24ClN5O4S/c27-18-6-11-21-17(14-18)15-23(28-21)26(34)29-22-4-3-13-31-24(22)16-32(37(31,35)36)20-9-7-19(8-10-20)30-12-2-1-5-25(30)33/h1-2,5-12,14-15,22,24,28H,3-4,13,16H2,(H,29,34)/t22-,24+/m0/s1. The third-order valence-corrected chi connectivity index (χ3v) is 9.24. The highest BCUT2D eigenvalue weighted by Gasteiger charge is 2.49. The summed E-state index contributed by atoms with van der Waals surface area (Å²) < 4.78 is 31.3. The molecular weight excluding hydrogens is 514 g/mol. The van der Waals surface area contributed by atoms with Crippen LogP contribution in [-0.2, 0) is 10.2 Å². The summed E-state index contributed by atoms with van der Waals surface area (Å²) in [6.07, 6.45) is 2.99. The number of carbonyl (C=O) groups excluding carboxylic acids is 1. The third kappa shape index (κ3) is 4.20. The molecule has 2 saturated heterocycles. The molecule has 190 valence electrons. The van der Waals surface area contributed by atoms with Crippen LogP contribution >= 0.6 is 11.6 Å². The number of benzene rings is 2. The normalized spacial score (nSPS) is 21.2. The van der Waals surface area contributed by atoms with Crippen molar-refractivity contribution in [2.75, 3.05) is 17.4 Å². The Hall–Kier alpha value is -3.60. The highest BCUT2D eigenvalue weighted by Crippen LogP contribution is 2.34. The minimum Gasteiger partial charge on any atom is -0.351 e. The number of nitrogens with one attached hydrogen (secondary N) is 2. The second-order valence-corrected chi connectivity index (χ2v) is 11.5. The van der Waals surface area contributed by atoms with Crippen molar-refractivity contribution in [1.29, 1.82) is 0 Å². The number of aromatic amines is 1. The Morgan fingerprint density at radius 3 is 2.59 bits per heavy atom. The lowest BCUT2D eigenvalue weighted by atomic mass is 9.98. The number of rotatable bonds is 4. The molecule has 2 fully saturated rings. The summed E-state index contributed by atoms with van der Waals surface area (Å²) in [7, 11) is -3.76. The van der Waals surface area contributed by atoms with E-state index in [2.05, 4.69) is 10.3 Å². The van der Waals surface area contributed by atoms with Crippen molar-refractivity contribution < 1.29 is 13.2 Å². The van der Waals surface area contributed by atoms with Crippen molar-refractivity contribution in [2.45, 2.75) is 24.9 Å². The summed E-state index contributed by atoms with van der Waals surface area (Å²) >= 11 is 6.07. The zero-order chi connectivity index (χ0) is 25.7. The first kappa shape index (κ1) is 23.8. The summed E-state index contributed by atoms with van der Waals surface area (Å²) in [4.78, 5) is 28.3. The van der Waals surface area contributed by atoms with Gasteiger partial charge in [0.1, 0.15) is 5.69 Å². The first-order chi connectivity index (χ1) is 17.8. The van der Waals surface area contributed by atoms with Crippen molar-refractivity contribution in [3.8, 4) is 5.69 Å². The number of fused-ring (bicyclic) bond motifs is 2. The molecule has 6 rings (SSSR count). The Morgan fingerprint density at radius 2 is 1.81 bits per heavy atom. The van der Waals surface area contributed by atoms with Crippen LogP contribution in [-0.4, -0.2) is 53.4 Å². The van der Waals surface area contributed by atoms with Crippen molar-refractivity contribution in [1.82, 2.24) is 19.2 Å². The number of piperidine rings is 1. The van der Waals surface area contributed by atoms with Crippen molar-refractivity contribution >= 4 is 44.3 Å². The van der Waals surface area contributed by atoms with E-state index in [-0.39, 0.29) is 24.1 Å². The van der Waals surface area contributed by atoms with Crippen LogP contribution in [0.2, 0.25) is 5.02 Å². The van der Waals surface area contributed by atoms with Gasteiger partial charge in [-0.15, -0.1) is 0 Å². The maximum Gasteiger partial charge on any atom is 0.304 e. The molecule has 0 aliphatic carbocycles. The summed E-state index contributed by atoms with van der Waals surface area (Å²) in [5, 5.41) is 4.47. The average molecular weight is 538 g/mol. The first-order valence-corrected chi connectivity index (χ1v) is 13.8. The maximum atomic E-state index is 13.5. The first-order valence-electron chi connectivity index (χ1n) is 12.0. The topological polar surface area (TPSA) is 108 Å². The molecule has 0 unspecified atom stereocenters. The molecule has 0 saturated carbocycles. The van der Waals surface area contributed by atoms with E-state index in [0.717, 1.165) is 10.9 Å². The van der Waals surface area contributed by atoms with Gasteiger partial charge in [-0.1, -0.05) is 17.7 Å². The largest absolute Gasteiger partial charge is 0.351 e. The monoisotopic (exact) mass is 537 g/mol. The van der Waals surface area contributed by atoms with E-state index < -0.39 is 16.3 Å². The molecular formula is C26H24ClN5O4S. The number of hydrogen-bond acceptors (Lipinski definition) is 4. The van der Waals surface area contributed by atoms with E-state index >= 15 is 0 Å². The van der Waals surface area contributed by atoms with Gasteiger partial charge < -0.3 is 10.3 Å². The van der Waals surface area contributed by atoms with Crippen LogP contribution in [0.15, 0.2) is 77.7 Å². The molecule has 2 aliphatic heterocycles. The molecule has 4 aromatic rings. The van der Waals surface area contributed by atoms with E-state index in [1.54, 1.807) is 60.8 Å². The number of nitrogens with zero attached hydrogens (tertiary/aromatic N) is 3. The SMILES string of the molecule is O=C(N[C@H]1CCCN2[C@@H]1CN(c1ccc(-n3ccccc3=O)cc1)S2(=O)=O)c1cc2cc(Cl)ccc2[nH]1. The van der Waals surface area contributed by atoms with Gasteiger partial charge in [0.25, 0.3) is 11.5 Å². The van der Waals surface area contributed by atoms with Gasteiger partial charge >= 0.3 is 10.2 Å². The third-order valence-electron chi connectivity index (χ3n) is 7.04. The van der Waals surface area contributed by atoms with E-state index in [4.69, 9.17) is 11.6 Å². The van der Waals surface area contributed by atoms with Crippen LogP contribution in [0, 0.1) is 0 Å². The molecule has 11 heteroatoms. The van der Waals surface area contributed by atoms with Gasteiger partial charge in [-0.3, -0.25) is 18.5 Å². The molecule has 2 aromatic carbocycles. The summed E-state index contributed by atoms with van der Waals surface area (Å²) in [6.45, 7) is 0.623. The minimum absolute atomic E-state index is 0.169. The molecule has 0 spiro atoms. The van der Waals surface area contributed by atoms with E-state index in [9.17, 15) is 18.0 Å². The predicted octanol–water partition coefficient (Wildman–Crippen LogP) is 3.30. The number of halogens is 1. The zero-order valence-electron chi connectivity index (χ0n) is 19.7. The number of anilines is 1. The van der Waals surface area contributed by atoms with Crippen LogP contribution < -0.4 is 15.2 Å². The Bertz CT molecular complexity index is 1660. The van der Waals surface area contributed by atoms with Crippen LogP contribution in [0.3, 0.4) is 0 Å². The fraction of sp³-hybridized carbons (Fsp3) is 0.231. The lowest BCUT2D eigenvalue weighted by Crippen LogP contribution is -2.54. The Labute approximate surface area is 218 Å². The highest BCUT2D eigenvalue weighted by atomic mass is 35.5. The molecule has 37 heavy (non-hydrogen) atoms. The fourth-order valence-corrected chi connectivity index (χ4v) is 7.30. The smallest absolute Gasteiger partial charge is 0.304 e. The minimum atomic E-state index is -3.76. The van der Waals surface area contributed by atoms with Crippen LogP contribution in [0.4, 0.5) is 5.69 Å². The molecule has 0 radical (unpaired) electrons. The number of aromatic nitrogens is 2. The highest BCUT2D eigenvalue weighted by molar-refractivity contribution is 7.90. The van der Waals surface area contributed by atoms with Crippen molar-refractivity contribution in [3.05, 3.63) is 94.0 Å². The number of carbonyl (C=O) groups is 1. The van der Waals surface area contributed by atoms with Crippen molar-refractivity contribution in [2.24, 2.45) is 0 Å². The molecule has 0 bridgehead atoms. The van der Waals surface area contributed by atoms with Crippen molar-refractivity contribution in [3.63, 3.8) is 0 Å². The molecule has 1 amide bonds. The van der Waals surface area contributed by atoms with Crippen LogP contribution in [0.25, 0.3) is 16.6 Å². The number of pyridine rings is 1. The van der Waals surface area contributed by atoms with Gasteiger partial charge in [0.05, 0.1) is 18.3 Å². The quantitative estimate of drug-likeness (QED) is 0.416. The van der Waals surface area contributed by atoms with Crippen LogP contribution in [0.5, 0.6) is 0 Å². The molecule has 4 heterocycles. The van der Waals surface area contributed by atoms with E-state index in [1.165, 1.54) is 19.2 Å². The Balaban J connectivity index is 1.23. The van der Waals surface area contributed by atoms with Crippen LogP contribution in [0.1, 0.15) is 23.3 Å². The molecule has 2 atom stereocenters. The fourth-order valence-electron chi connectivity index (χ4n) is 5.22.